The monoisotopic (exact) mass is 241 g/mol. The lowest BCUT2D eigenvalue weighted by atomic mass is 10.3. The van der Waals surface area contributed by atoms with Crippen LogP contribution in [0.5, 0.6) is 5.88 Å². The van der Waals surface area contributed by atoms with Crippen LogP contribution in [-0.2, 0) is 0 Å². The number of anilines is 1. The van der Waals surface area contributed by atoms with Crippen LogP contribution in [0.15, 0.2) is 6.33 Å². The van der Waals surface area contributed by atoms with Gasteiger partial charge in [0.05, 0.1) is 12.2 Å². The van der Waals surface area contributed by atoms with E-state index in [1.165, 1.54) is 6.33 Å². The molecule has 1 aromatic heterocycles. The Morgan fingerprint density at radius 2 is 2.25 bits per heavy atom. The summed E-state index contributed by atoms with van der Waals surface area (Å²) in [5, 5.41) is 3.87. The molecule has 5 heteroatoms. The maximum Gasteiger partial charge on any atom is 0.221 e. The molecular formula is C11H19N3OS. The Balaban J connectivity index is 2.69. The molecule has 0 bridgehead atoms. The highest BCUT2D eigenvalue weighted by atomic mass is 32.2. The molecule has 90 valence electrons. The fourth-order valence-corrected chi connectivity index (χ4v) is 1.47. The van der Waals surface area contributed by atoms with Crippen molar-refractivity contribution < 1.29 is 4.74 Å². The predicted molar refractivity (Wildman–Crippen MR) is 69.4 cm³/mol. The van der Waals surface area contributed by atoms with Gasteiger partial charge in [-0.05, 0) is 20.1 Å². The van der Waals surface area contributed by atoms with E-state index in [-0.39, 0.29) is 0 Å². The van der Waals surface area contributed by atoms with Gasteiger partial charge in [0, 0.05) is 11.8 Å². The molecule has 0 amide bonds. The highest BCUT2D eigenvalue weighted by molar-refractivity contribution is 7.99. The maximum atomic E-state index is 5.41. The molecule has 1 unspecified atom stereocenters. The van der Waals surface area contributed by atoms with Crippen LogP contribution in [0.3, 0.4) is 0 Å². The molecule has 0 saturated carbocycles. The molecule has 0 spiro atoms. The summed E-state index contributed by atoms with van der Waals surface area (Å²) in [6.45, 7) is 7.61. The Kier molecular flexibility index (Phi) is 5.38. The molecule has 1 N–H and O–H groups in total. The van der Waals surface area contributed by atoms with Crippen molar-refractivity contribution in [2.24, 2.45) is 0 Å². The Morgan fingerprint density at radius 1 is 1.50 bits per heavy atom. The summed E-state index contributed by atoms with van der Waals surface area (Å²) in [6, 6.07) is 0. The average molecular weight is 241 g/mol. The Morgan fingerprint density at radius 3 is 2.88 bits per heavy atom. The minimum Gasteiger partial charge on any atom is -0.478 e. The summed E-state index contributed by atoms with van der Waals surface area (Å²) >= 11 is 1.83. The Bertz CT molecular complexity index is 333. The van der Waals surface area contributed by atoms with Gasteiger partial charge in [-0.1, -0.05) is 6.92 Å². The second kappa shape index (κ2) is 6.58. The van der Waals surface area contributed by atoms with Crippen molar-refractivity contribution >= 4 is 17.6 Å². The number of hydrogen-bond acceptors (Lipinski definition) is 5. The molecular weight excluding hydrogens is 222 g/mol. The lowest BCUT2D eigenvalue weighted by Crippen LogP contribution is -2.15. The van der Waals surface area contributed by atoms with Crippen LogP contribution in [0.1, 0.15) is 19.4 Å². The van der Waals surface area contributed by atoms with Crippen molar-refractivity contribution in [2.75, 3.05) is 24.7 Å². The van der Waals surface area contributed by atoms with Gasteiger partial charge >= 0.3 is 0 Å². The normalized spacial score (nSPS) is 12.2. The van der Waals surface area contributed by atoms with Gasteiger partial charge in [-0.2, -0.15) is 11.8 Å². The molecule has 0 aromatic carbocycles. The lowest BCUT2D eigenvalue weighted by Gasteiger charge is -2.13. The number of thioether (sulfide) groups is 1. The zero-order chi connectivity index (χ0) is 12.0. The highest BCUT2D eigenvalue weighted by Gasteiger charge is 2.08. The summed E-state index contributed by atoms with van der Waals surface area (Å²) in [6.07, 6.45) is 3.63. The van der Waals surface area contributed by atoms with Gasteiger partial charge in [0.15, 0.2) is 0 Å². The van der Waals surface area contributed by atoms with Gasteiger partial charge in [-0.3, -0.25) is 0 Å². The van der Waals surface area contributed by atoms with Gasteiger partial charge in [0.25, 0.3) is 0 Å². The topological polar surface area (TPSA) is 47.0 Å². The number of hydrogen-bond donors (Lipinski definition) is 1. The van der Waals surface area contributed by atoms with E-state index >= 15 is 0 Å². The fourth-order valence-electron chi connectivity index (χ4n) is 1.22. The molecule has 16 heavy (non-hydrogen) atoms. The zero-order valence-corrected chi connectivity index (χ0v) is 11.1. The van der Waals surface area contributed by atoms with E-state index in [0.717, 1.165) is 17.9 Å². The smallest absolute Gasteiger partial charge is 0.221 e. The van der Waals surface area contributed by atoms with Crippen LogP contribution in [0, 0.1) is 6.92 Å². The number of nitrogens with zero attached hydrogens (tertiary/aromatic N) is 2. The standard InChI is InChI=1S/C11H19N3OS/c1-5-15-11-9(3)10(13-7-14-11)12-6-8(2)16-4/h7-8H,5-6H2,1-4H3,(H,12,13,14). The van der Waals surface area contributed by atoms with Gasteiger partial charge in [0.1, 0.15) is 12.1 Å². The van der Waals surface area contributed by atoms with Crippen LogP contribution < -0.4 is 10.1 Å². The third-order valence-corrected chi connectivity index (χ3v) is 3.25. The summed E-state index contributed by atoms with van der Waals surface area (Å²) in [4.78, 5) is 8.31. The van der Waals surface area contributed by atoms with Crippen LogP contribution in [0.25, 0.3) is 0 Å². The van der Waals surface area contributed by atoms with Crippen LogP contribution in [0.4, 0.5) is 5.82 Å². The van der Waals surface area contributed by atoms with E-state index in [4.69, 9.17) is 4.74 Å². The van der Waals surface area contributed by atoms with E-state index in [0.29, 0.717) is 17.7 Å². The average Bonchev–Trinajstić information content (AvgIpc) is 2.30. The SMILES string of the molecule is CCOc1ncnc(NCC(C)SC)c1C. The molecule has 0 saturated heterocycles. The summed E-state index contributed by atoms with van der Waals surface area (Å²) < 4.78 is 5.41. The minimum atomic E-state index is 0.560. The molecule has 0 aliphatic rings. The lowest BCUT2D eigenvalue weighted by molar-refractivity contribution is 0.324. The fraction of sp³-hybridized carbons (Fsp3) is 0.636. The molecule has 0 fully saturated rings. The molecule has 0 aliphatic carbocycles. The largest absolute Gasteiger partial charge is 0.478 e. The van der Waals surface area contributed by atoms with Gasteiger partial charge < -0.3 is 10.1 Å². The molecule has 1 aromatic rings. The van der Waals surface area contributed by atoms with Gasteiger partial charge in [-0.15, -0.1) is 0 Å². The number of aromatic nitrogens is 2. The maximum absolute atomic E-state index is 5.41. The summed E-state index contributed by atoms with van der Waals surface area (Å²) in [5.41, 5.74) is 0.970. The summed E-state index contributed by atoms with van der Waals surface area (Å²) in [7, 11) is 0. The number of rotatable bonds is 6. The predicted octanol–water partition coefficient (Wildman–Crippen LogP) is 2.35. The van der Waals surface area contributed by atoms with Crippen molar-refractivity contribution in [3.8, 4) is 5.88 Å². The molecule has 1 heterocycles. The van der Waals surface area contributed by atoms with E-state index in [1.54, 1.807) is 0 Å². The van der Waals surface area contributed by atoms with E-state index in [2.05, 4.69) is 28.5 Å². The van der Waals surface area contributed by atoms with Crippen molar-refractivity contribution in [3.63, 3.8) is 0 Å². The summed E-state index contributed by atoms with van der Waals surface area (Å²) in [5.74, 6) is 1.52. The van der Waals surface area contributed by atoms with Crippen molar-refractivity contribution in [3.05, 3.63) is 11.9 Å². The second-order valence-corrected chi connectivity index (χ2v) is 4.79. The van der Waals surface area contributed by atoms with E-state index in [1.807, 2.05) is 25.6 Å². The van der Waals surface area contributed by atoms with E-state index < -0.39 is 0 Å². The number of ether oxygens (including phenoxy) is 1. The van der Waals surface area contributed by atoms with Crippen LogP contribution in [-0.4, -0.2) is 34.6 Å². The second-order valence-electron chi connectivity index (χ2n) is 3.51. The van der Waals surface area contributed by atoms with Gasteiger partial charge in [0.2, 0.25) is 5.88 Å². The third-order valence-electron chi connectivity index (χ3n) is 2.28. The Hall–Kier alpha value is -0.970. The first-order valence-corrected chi connectivity index (χ1v) is 6.68. The van der Waals surface area contributed by atoms with Crippen LogP contribution in [0.2, 0.25) is 0 Å². The minimum absolute atomic E-state index is 0.560. The van der Waals surface area contributed by atoms with Crippen LogP contribution >= 0.6 is 11.8 Å². The first-order chi connectivity index (χ1) is 7.69. The highest BCUT2D eigenvalue weighted by Crippen LogP contribution is 2.20. The molecule has 4 nitrogen and oxygen atoms in total. The molecule has 1 rings (SSSR count). The molecule has 1 atom stereocenters. The Labute approximate surface area is 101 Å². The van der Waals surface area contributed by atoms with Crippen molar-refractivity contribution in [2.45, 2.75) is 26.0 Å². The van der Waals surface area contributed by atoms with Crippen molar-refractivity contribution in [1.82, 2.24) is 9.97 Å². The molecule has 0 radical (unpaired) electrons. The third kappa shape index (κ3) is 3.56. The van der Waals surface area contributed by atoms with E-state index in [9.17, 15) is 0 Å². The van der Waals surface area contributed by atoms with Gasteiger partial charge in [-0.25, -0.2) is 9.97 Å². The quantitative estimate of drug-likeness (QED) is 0.828. The first-order valence-electron chi connectivity index (χ1n) is 5.40. The zero-order valence-electron chi connectivity index (χ0n) is 10.3. The molecule has 0 aliphatic heterocycles. The van der Waals surface area contributed by atoms with Crippen molar-refractivity contribution in [1.29, 1.82) is 0 Å². The first kappa shape index (κ1) is 13.1. The number of nitrogens with one attached hydrogen (secondary N) is 1.